The first kappa shape index (κ1) is 11.8. The van der Waals surface area contributed by atoms with Gasteiger partial charge in [0.25, 0.3) is 0 Å². The highest BCUT2D eigenvalue weighted by Gasteiger charge is 2.29. The molecule has 0 aliphatic carbocycles. The number of halogens is 2. The molecule has 1 aliphatic rings. The minimum Gasteiger partial charge on any atom is -0.389 e. The Morgan fingerprint density at radius 3 is 2.69 bits per heavy atom. The molecule has 0 spiro atoms. The summed E-state index contributed by atoms with van der Waals surface area (Å²) in [7, 11) is 0. The average molecular weight is 244 g/mol. The molecule has 0 amide bonds. The van der Waals surface area contributed by atoms with Crippen molar-refractivity contribution in [1.29, 1.82) is 0 Å². The summed E-state index contributed by atoms with van der Waals surface area (Å²) in [4.78, 5) is 0. The second kappa shape index (κ2) is 4.70. The Bertz CT molecular complexity index is 377. The molecule has 1 saturated heterocycles. The lowest BCUT2D eigenvalue weighted by molar-refractivity contribution is 0.0109. The normalized spacial score (nSPS) is 19.7. The maximum atomic E-state index is 12.9. The van der Waals surface area contributed by atoms with E-state index in [-0.39, 0.29) is 5.82 Å². The number of piperidine rings is 1. The fourth-order valence-electron chi connectivity index (χ4n) is 2.09. The van der Waals surface area contributed by atoms with E-state index in [2.05, 4.69) is 5.32 Å². The Kier molecular flexibility index (Phi) is 3.47. The van der Waals surface area contributed by atoms with Crippen molar-refractivity contribution < 1.29 is 9.50 Å². The van der Waals surface area contributed by atoms with Gasteiger partial charge < -0.3 is 10.4 Å². The van der Waals surface area contributed by atoms with Gasteiger partial charge >= 0.3 is 0 Å². The number of nitrogens with one attached hydrogen (secondary N) is 1. The predicted octanol–water partition coefficient (Wildman–Crippen LogP) is 2.14. The van der Waals surface area contributed by atoms with Crippen LogP contribution in [0.3, 0.4) is 0 Å². The van der Waals surface area contributed by atoms with E-state index >= 15 is 0 Å². The summed E-state index contributed by atoms with van der Waals surface area (Å²) in [6, 6.07) is 4.32. The standard InChI is InChI=1S/C12H15ClFNO/c13-11-7-10(14)2-1-9(11)8-12(16)3-5-15-6-4-12/h1-2,7,15-16H,3-6,8H2. The van der Waals surface area contributed by atoms with Gasteiger partial charge in [-0.2, -0.15) is 0 Å². The molecule has 2 rings (SSSR count). The first-order valence-electron chi connectivity index (χ1n) is 5.46. The first-order valence-corrected chi connectivity index (χ1v) is 5.84. The van der Waals surface area contributed by atoms with Gasteiger partial charge in [-0.3, -0.25) is 0 Å². The largest absolute Gasteiger partial charge is 0.389 e. The fourth-order valence-corrected chi connectivity index (χ4v) is 2.32. The van der Waals surface area contributed by atoms with Crippen molar-refractivity contribution in [2.24, 2.45) is 0 Å². The van der Waals surface area contributed by atoms with Crippen LogP contribution in [0.1, 0.15) is 18.4 Å². The zero-order chi connectivity index (χ0) is 11.6. The molecule has 0 saturated carbocycles. The van der Waals surface area contributed by atoms with Crippen molar-refractivity contribution in [2.75, 3.05) is 13.1 Å². The number of benzene rings is 1. The Labute approximate surface area is 99.4 Å². The van der Waals surface area contributed by atoms with E-state index in [0.29, 0.717) is 24.3 Å². The highest BCUT2D eigenvalue weighted by atomic mass is 35.5. The second-order valence-corrected chi connectivity index (χ2v) is 4.79. The quantitative estimate of drug-likeness (QED) is 0.834. The van der Waals surface area contributed by atoms with Crippen molar-refractivity contribution >= 4 is 11.6 Å². The van der Waals surface area contributed by atoms with Crippen LogP contribution < -0.4 is 5.32 Å². The van der Waals surface area contributed by atoms with Gasteiger partial charge in [-0.05, 0) is 43.6 Å². The lowest BCUT2D eigenvalue weighted by atomic mass is 9.86. The third-order valence-electron chi connectivity index (χ3n) is 3.07. The summed E-state index contributed by atoms with van der Waals surface area (Å²) in [5.41, 5.74) is 0.111. The summed E-state index contributed by atoms with van der Waals surface area (Å²) in [5, 5.41) is 13.9. The van der Waals surface area contributed by atoms with Crippen LogP contribution in [0.25, 0.3) is 0 Å². The second-order valence-electron chi connectivity index (χ2n) is 4.39. The molecule has 2 nitrogen and oxygen atoms in total. The van der Waals surface area contributed by atoms with Crippen molar-refractivity contribution in [3.63, 3.8) is 0 Å². The Balaban J connectivity index is 2.13. The van der Waals surface area contributed by atoms with Crippen LogP contribution in [-0.4, -0.2) is 23.8 Å². The summed E-state index contributed by atoms with van der Waals surface area (Å²) in [6.45, 7) is 1.63. The third-order valence-corrected chi connectivity index (χ3v) is 3.42. The van der Waals surface area contributed by atoms with Gasteiger partial charge in [-0.1, -0.05) is 17.7 Å². The van der Waals surface area contributed by atoms with Crippen LogP contribution in [0.15, 0.2) is 18.2 Å². The lowest BCUT2D eigenvalue weighted by Gasteiger charge is -2.32. The minimum absolute atomic E-state index is 0.342. The summed E-state index contributed by atoms with van der Waals surface area (Å²) in [6.07, 6.45) is 1.91. The lowest BCUT2D eigenvalue weighted by Crippen LogP contribution is -2.43. The summed E-state index contributed by atoms with van der Waals surface area (Å²) in [5.74, 6) is -0.342. The molecule has 0 atom stereocenters. The van der Waals surface area contributed by atoms with Crippen molar-refractivity contribution in [3.05, 3.63) is 34.6 Å². The fraction of sp³-hybridized carbons (Fsp3) is 0.500. The Hall–Kier alpha value is -0.640. The zero-order valence-electron chi connectivity index (χ0n) is 8.97. The van der Waals surface area contributed by atoms with Crippen LogP contribution in [0.4, 0.5) is 4.39 Å². The molecule has 0 radical (unpaired) electrons. The highest BCUT2D eigenvalue weighted by molar-refractivity contribution is 6.31. The van der Waals surface area contributed by atoms with Gasteiger partial charge in [0.05, 0.1) is 5.60 Å². The maximum Gasteiger partial charge on any atom is 0.124 e. The molecule has 1 aromatic rings. The molecular weight excluding hydrogens is 229 g/mol. The van der Waals surface area contributed by atoms with Gasteiger partial charge in [0.2, 0.25) is 0 Å². The molecule has 0 unspecified atom stereocenters. The monoisotopic (exact) mass is 243 g/mol. The van der Waals surface area contributed by atoms with Gasteiger partial charge in [0.15, 0.2) is 0 Å². The topological polar surface area (TPSA) is 32.3 Å². The molecule has 0 bridgehead atoms. The van der Waals surface area contributed by atoms with Crippen LogP contribution in [0.5, 0.6) is 0 Å². The predicted molar refractivity (Wildman–Crippen MR) is 62.2 cm³/mol. The van der Waals surface area contributed by atoms with E-state index < -0.39 is 5.60 Å². The van der Waals surface area contributed by atoms with Crippen LogP contribution in [0.2, 0.25) is 5.02 Å². The van der Waals surface area contributed by atoms with E-state index in [1.54, 1.807) is 6.07 Å². The molecule has 0 aromatic heterocycles. The SMILES string of the molecule is OC1(Cc2ccc(F)cc2Cl)CCNCC1. The Morgan fingerprint density at radius 2 is 2.06 bits per heavy atom. The molecule has 1 fully saturated rings. The van der Waals surface area contributed by atoms with Gasteiger partial charge in [-0.25, -0.2) is 4.39 Å². The van der Waals surface area contributed by atoms with Gasteiger partial charge in [0.1, 0.15) is 5.82 Å². The van der Waals surface area contributed by atoms with E-state index in [9.17, 15) is 9.50 Å². The number of hydrogen-bond donors (Lipinski definition) is 2. The molecule has 1 aromatic carbocycles. The van der Waals surface area contributed by atoms with E-state index in [1.807, 2.05) is 0 Å². The molecule has 88 valence electrons. The molecule has 1 heterocycles. The van der Waals surface area contributed by atoms with Crippen molar-refractivity contribution in [1.82, 2.24) is 5.32 Å². The van der Waals surface area contributed by atoms with Crippen molar-refractivity contribution in [3.8, 4) is 0 Å². The van der Waals surface area contributed by atoms with E-state index in [1.165, 1.54) is 12.1 Å². The summed E-state index contributed by atoms with van der Waals surface area (Å²) >= 11 is 5.94. The highest BCUT2D eigenvalue weighted by Crippen LogP contribution is 2.27. The molecule has 4 heteroatoms. The van der Waals surface area contributed by atoms with Crippen LogP contribution in [-0.2, 0) is 6.42 Å². The van der Waals surface area contributed by atoms with E-state index in [4.69, 9.17) is 11.6 Å². The van der Waals surface area contributed by atoms with E-state index in [0.717, 1.165) is 18.7 Å². The summed E-state index contributed by atoms with van der Waals surface area (Å²) < 4.78 is 12.9. The zero-order valence-corrected chi connectivity index (χ0v) is 9.73. The third kappa shape index (κ3) is 2.73. The molecule has 16 heavy (non-hydrogen) atoms. The maximum absolute atomic E-state index is 12.9. The first-order chi connectivity index (χ1) is 7.59. The van der Waals surface area contributed by atoms with Crippen LogP contribution in [0, 0.1) is 5.82 Å². The van der Waals surface area contributed by atoms with Crippen molar-refractivity contribution in [2.45, 2.75) is 24.9 Å². The molecular formula is C12H15ClFNO. The number of hydrogen-bond acceptors (Lipinski definition) is 2. The number of rotatable bonds is 2. The Morgan fingerprint density at radius 1 is 1.38 bits per heavy atom. The minimum atomic E-state index is -0.702. The number of aliphatic hydroxyl groups is 1. The molecule has 1 aliphatic heterocycles. The molecule has 2 N–H and O–H groups in total. The van der Waals surface area contributed by atoms with Crippen LogP contribution >= 0.6 is 11.6 Å². The van der Waals surface area contributed by atoms with Gasteiger partial charge in [-0.15, -0.1) is 0 Å². The smallest absolute Gasteiger partial charge is 0.124 e. The van der Waals surface area contributed by atoms with Gasteiger partial charge in [0, 0.05) is 11.4 Å². The average Bonchev–Trinajstić information content (AvgIpc) is 2.23.